The SMILES string of the molecule is CC(C)C(C(=O)OCC(C)(C)C)(C(C)C)C(C)C(=O)OCC(C)(C)C. The van der Waals surface area contributed by atoms with Crippen LogP contribution in [0, 0.1) is 34.0 Å². The Labute approximate surface area is 155 Å². The van der Waals surface area contributed by atoms with Crippen molar-refractivity contribution in [1.29, 1.82) is 0 Å². The summed E-state index contributed by atoms with van der Waals surface area (Å²) in [7, 11) is 0. The molecule has 0 aromatic rings. The molecule has 0 rings (SSSR count). The van der Waals surface area contributed by atoms with Crippen LogP contribution in [0.5, 0.6) is 0 Å². The summed E-state index contributed by atoms with van der Waals surface area (Å²) in [5, 5.41) is 0. The van der Waals surface area contributed by atoms with E-state index in [0.29, 0.717) is 13.2 Å². The lowest BCUT2D eigenvalue weighted by molar-refractivity contribution is -0.180. The van der Waals surface area contributed by atoms with Crippen LogP contribution in [0.3, 0.4) is 0 Å². The van der Waals surface area contributed by atoms with Gasteiger partial charge in [0.05, 0.1) is 24.5 Å². The van der Waals surface area contributed by atoms with Gasteiger partial charge < -0.3 is 9.47 Å². The van der Waals surface area contributed by atoms with Crippen molar-refractivity contribution in [3.8, 4) is 0 Å². The van der Waals surface area contributed by atoms with Crippen LogP contribution in [0.2, 0.25) is 0 Å². The Hall–Kier alpha value is -1.06. The van der Waals surface area contributed by atoms with Gasteiger partial charge in [0.15, 0.2) is 0 Å². The summed E-state index contributed by atoms with van der Waals surface area (Å²) >= 11 is 0. The van der Waals surface area contributed by atoms with Crippen LogP contribution in [-0.2, 0) is 19.1 Å². The molecule has 0 N–H and O–H groups in total. The standard InChI is InChI=1S/C21H40O4/c1-14(2)21(15(3)4,18(23)25-13-20(9,10)11)16(5)17(22)24-12-19(6,7)8/h14-16H,12-13H2,1-11H3. The maximum absolute atomic E-state index is 13.1. The van der Waals surface area contributed by atoms with E-state index in [1.54, 1.807) is 6.92 Å². The summed E-state index contributed by atoms with van der Waals surface area (Å²) in [5.41, 5.74) is -1.13. The van der Waals surface area contributed by atoms with E-state index in [-0.39, 0.29) is 34.6 Å². The maximum atomic E-state index is 13.1. The molecule has 4 nitrogen and oxygen atoms in total. The lowest BCUT2D eigenvalue weighted by Gasteiger charge is -2.43. The number of carbonyl (C=O) groups excluding carboxylic acids is 2. The molecular formula is C21H40O4. The fourth-order valence-corrected chi connectivity index (χ4v) is 3.33. The Kier molecular flexibility index (Phi) is 8.19. The lowest BCUT2D eigenvalue weighted by Crippen LogP contribution is -2.51. The van der Waals surface area contributed by atoms with Crippen molar-refractivity contribution in [2.75, 3.05) is 13.2 Å². The molecule has 0 spiro atoms. The first-order chi connectivity index (χ1) is 11.1. The Morgan fingerprint density at radius 3 is 1.40 bits per heavy atom. The van der Waals surface area contributed by atoms with Crippen molar-refractivity contribution in [2.24, 2.45) is 34.0 Å². The molecule has 0 aliphatic rings. The molecule has 0 heterocycles. The first kappa shape index (κ1) is 23.9. The Bertz CT molecular complexity index is 441. The highest BCUT2D eigenvalue weighted by atomic mass is 16.5. The lowest BCUT2D eigenvalue weighted by atomic mass is 9.61. The van der Waals surface area contributed by atoms with Crippen LogP contribution in [0.15, 0.2) is 0 Å². The first-order valence-electron chi connectivity index (χ1n) is 9.39. The summed E-state index contributed by atoms with van der Waals surface area (Å²) < 4.78 is 11.2. The second kappa shape index (κ2) is 8.55. The van der Waals surface area contributed by atoms with Gasteiger partial charge in [0.2, 0.25) is 0 Å². The van der Waals surface area contributed by atoms with Gasteiger partial charge in [0.25, 0.3) is 0 Å². The molecule has 0 aliphatic heterocycles. The van der Waals surface area contributed by atoms with Crippen LogP contribution in [-0.4, -0.2) is 25.2 Å². The first-order valence-corrected chi connectivity index (χ1v) is 9.39. The third kappa shape index (κ3) is 6.63. The average Bonchev–Trinajstić information content (AvgIpc) is 2.40. The molecule has 0 aromatic heterocycles. The zero-order valence-electron chi connectivity index (χ0n) is 18.3. The van der Waals surface area contributed by atoms with Gasteiger partial charge in [0, 0.05) is 0 Å². The number of ether oxygens (including phenoxy) is 2. The van der Waals surface area contributed by atoms with Gasteiger partial charge in [-0.15, -0.1) is 0 Å². The summed E-state index contributed by atoms with van der Waals surface area (Å²) in [6.07, 6.45) is 0. The minimum absolute atomic E-state index is 0.0443. The van der Waals surface area contributed by atoms with E-state index in [1.165, 1.54) is 0 Å². The number of carbonyl (C=O) groups is 2. The largest absolute Gasteiger partial charge is 0.465 e. The van der Waals surface area contributed by atoms with Crippen molar-refractivity contribution in [3.05, 3.63) is 0 Å². The molecule has 0 amide bonds. The minimum Gasteiger partial charge on any atom is -0.465 e. The van der Waals surface area contributed by atoms with Crippen molar-refractivity contribution < 1.29 is 19.1 Å². The Morgan fingerprint density at radius 1 is 0.720 bits per heavy atom. The fraction of sp³-hybridized carbons (Fsp3) is 0.905. The van der Waals surface area contributed by atoms with Gasteiger partial charge in [-0.1, -0.05) is 76.2 Å². The average molecular weight is 357 g/mol. The van der Waals surface area contributed by atoms with E-state index in [0.717, 1.165) is 0 Å². The molecule has 0 fully saturated rings. The van der Waals surface area contributed by atoms with Crippen molar-refractivity contribution in [2.45, 2.75) is 76.2 Å². The van der Waals surface area contributed by atoms with Gasteiger partial charge in [-0.05, 0) is 22.7 Å². The molecule has 4 heteroatoms. The van der Waals surface area contributed by atoms with Crippen LogP contribution in [0.25, 0.3) is 0 Å². The number of hydrogen-bond acceptors (Lipinski definition) is 4. The topological polar surface area (TPSA) is 52.6 Å². The van der Waals surface area contributed by atoms with Gasteiger partial charge >= 0.3 is 11.9 Å². The van der Waals surface area contributed by atoms with Crippen molar-refractivity contribution in [3.63, 3.8) is 0 Å². The number of rotatable bonds is 7. The van der Waals surface area contributed by atoms with Gasteiger partial charge in [0.1, 0.15) is 0 Å². The van der Waals surface area contributed by atoms with Crippen LogP contribution in [0.4, 0.5) is 0 Å². The maximum Gasteiger partial charge on any atom is 0.313 e. The zero-order chi connectivity index (χ0) is 20.2. The van der Waals surface area contributed by atoms with E-state index >= 15 is 0 Å². The third-order valence-electron chi connectivity index (χ3n) is 4.62. The molecule has 1 unspecified atom stereocenters. The highest BCUT2D eigenvalue weighted by Gasteiger charge is 2.53. The van der Waals surface area contributed by atoms with Crippen molar-refractivity contribution in [1.82, 2.24) is 0 Å². The van der Waals surface area contributed by atoms with E-state index in [2.05, 4.69) is 0 Å². The molecule has 0 bridgehead atoms. The molecule has 148 valence electrons. The normalized spacial score (nSPS) is 14.6. The summed E-state index contributed by atoms with van der Waals surface area (Å²) in [6, 6.07) is 0. The quantitative estimate of drug-likeness (QED) is 0.596. The fourth-order valence-electron chi connectivity index (χ4n) is 3.33. The van der Waals surface area contributed by atoms with Crippen LogP contribution in [0.1, 0.15) is 76.2 Å². The molecule has 0 saturated carbocycles. The molecule has 0 saturated heterocycles. The predicted octanol–water partition coefficient (Wildman–Crippen LogP) is 5.10. The second-order valence-electron chi connectivity index (χ2n) is 10.3. The number of hydrogen-bond donors (Lipinski definition) is 0. The molecule has 25 heavy (non-hydrogen) atoms. The zero-order valence-corrected chi connectivity index (χ0v) is 18.3. The van der Waals surface area contributed by atoms with Gasteiger partial charge in [-0.2, -0.15) is 0 Å². The van der Waals surface area contributed by atoms with Crippen LogP contribution >= 0.6 is 0 Å². The smallest absolute Gasteiger partial charge is 0.313 e. The van der Waals surface area contributed by atoms with E-state index < -0.39 is 11.3 Å². The Balaban J connectivity index is 5.60. The predicted molar refractivity (Wildman–Crippen MR) is 102 cm³/mol. The summed E-state index contributed by atoms with van der Waals surface area (Å²) in [6.45, 7) is 22.5. The summed E-state index contributed by atoms with van der Waals surface area (Å²) in [4.78, 5) is 25.8. The highest BCUT2D eigenvalue weighted by Crippen LogP contribution is 2.45. The Morgan fingerprint density at radius 2 is 1.08 bits per heavy atom. The monoisotopic (exact) mass is 356 g/mol. The molecule has 0 aliphatic carbocycles. The van der Waals surface area contributed by atoms with E-state index in [9.17, 15) is 9.59 Å². The summed E-state index contributed by atoms with van der Waals surface area (Å²) in [5.74, 6) is -1.28. The second-order valence-corrected chi connectivity index (χ2v) is 10.3. The highest BCUT2D eigenvalue weighted by molar-refractivity contribution is 5.85. The van der Waals surface area contributed by atoms with E-state index in [4.69, 9.17) is 9.47 Å². The molecular weight excluding hydrogens is 316 g/mol. The molecule has 1 atom stereocenters. The third-order valence-corrected chi connectivity index (χ3v) is 4.62. The minimum atomic E-state index is -0.903. The van der Waals surface area contributed by atoms with E-state index in [1.807, 2.05) is 69.2 Å². The molecule has 0 aromatic carbocycles. The molecule has 0 radical (unpaired) electrons. The number of esters is 2. The van der Waals surface area contributed by atoms with Gasteiger partial charge in [-0.3, -0.25) is 9.59 Å². The van der Waals surface area contributed by atoms with Crippen molar-refractivity contribution >= 4 is 11.9 Å². The van der Waals surface area contributed by atoms with Gasteiger partial charge in [-0.25, -0.2) is 0 Å². The van der Waals surface area contributed by atoms with Crippen LogP contribution < -0.4 is 0 Å².